The Morgan fingerprint density at radius 2 is 1.71 bits per heavy atom. The molecule has 5 N–H and O–H groups in total. The number of guanidine groups is 2. The summed E-state index contributed by atoms with van der Waals surface area (Å²) in [7, 11) is 0. The molecule has 5 nitrogen and oxygen atoms in total. The van der Waals surface area contributed by atoms with Crippen molar-refractivity contribution < 1.29 is 0 Å². The third-order valence-electron chi connectivity index (χ3n) is 2.77. The van der Waals surface area contributed by atoms with Gasteiger partial charge in [0.2, 0.25) is 0 Å². The first-order chi connectivity index (χ1) is 9.76. The van der Waals surface area contributed by atoms with Crippen LogP contribution in [0.2, 0.25) is 5.02 Å². The Balaban J connectivity index is 2.24. The van der Waals surface area contributed by atoms with Crippen molar-refractivity contribution in [2.24, 2.45) is 5.41 Å². The average molecular weight is 310 g/mol. The van der Waals surface area contributed by atoms with E-state index in [-0.39, 0.29) is 11.9 Å². The molecule has 0 unspecified atom stereocenters. The Bertz CT molecular complexity index is 476. The molecule has 0 aliphatic rings. The first-order valence-electron chi connectivity index (χ1n) is 6.97. The van der Waals surface area contributed by atoms with Crippen LogP contribution in [0.1, 0.15) is 33.6 Å². The Kier molecular flexibility index (Phi) is 6.49. The number of hydrogen-bond donors (Lipinski definition) is 5. The predicted octanol–water partition coefficient (Wildman–Crippen LogP) is 3.63. The summed E-state index contributed by atoms with van der Waals surface area (Å²) in [6, 6.07) is 7.04. The van der Waals surface area contributed by atoms with Crippen molar-refractivity contribution in [1.29, 1.82) is 10.8 Å². The van der Waals surface area contributed by atoms with Crippen LogP contribution in [0.15, 0.2) is 24.3 Å². The lowest BCUT2D eigenvalue weighted by Crippen LogP contribution is -2.43. The van der Waals surface area contributed by atoms with Crippen molar-refractivity contribution in [2.75, 3.05) is 11.9 Å². The fourth-order valence-corrected chi connectivity index (χ4v) is 1.84. The SMILES string of the molecule is CC(C)(C)CCCNC(=N)NC(=N)Nc1ccc(Cl)cc1. The molecule has 0 saturated carbocycles. The minimum absolute atomic E-state index is 0.0469. The Morgan fingerprint density at radius 1 is 1.10 bits per heavy atom. The van der Waals surface area contributed by atoms with E-state index in [0.717, 1.165) is 25.1 Å². The summed E-state index contributed by atoms with van der Waals surface area (Å²) in [5.74, 6) is 0.168. The van der Waals surface area contributed by atoms with Gasteiger partial charge in [-0.3, -0.25) is 16.1 Å². The van der Waals surface area contributed by atoms with E-state index in [1.54, 1.807) is 24.3 Å². The second-order valence-corrected chi connectivity index (χ2v) is 6.53. The highest BCUT2D eigenvalue weighted by Crippen LogP contribution is 2.19. The first-order valence-corrected chi connectivity index (χ1v) is 7.35. The summed E-state index contributed by atoms with van der Waals surface area (Å²) in [4.78, 5) is 0. The van der Waals surface area contributed by atoms with Gasteiger partial charge < -0.3 is 10.6 Å². The maximum absolute atomic E-state index is 7.75. The van der Waals surface area contributed by atoms with Gasteiger partial charge in [0, 0.05) is 17.3 Å². The largest absolute Gasteiger partial charge is 0.356 e. The smallest absolute Gasteiger partial charge is 0.199 e. The molecule has 0 aromatic heterocycles. The molecule has 21 heavy (non-hydrogen) atoms. The first kappa shape index (κ1) is 17.3. The molecule has 0 aliphatic carbocycles. The van der Waals surface area contributed by atoms with Crippen molar-refractivity contribution in [3.8, 4) is 0 Å². The molecule has 1 rings (SSSR count). The highest BCUT2D eigenvalue weighted by molar-refractivity contribution is 6.30. The third-order valence-corrected chi connectivity index (χ3v) is 3.02. The lowest BCUT2D eigenvalue weighted by molar-refractivity contribution is 0.365. The predicted molar refractivity (Wildman–Crippen MR) is 90.4 cm³/mol. The highest BCUT2D eigenvalue weighted by Gasteiger charge is 2.09. The van der Waals surface area contributed by atoms with E-state index in [2.05, 4.69) is 36.7 Å². The topological polar surface area (TPSA) is 83.8 Å². The van der Waals surface area contributed by atoms with Crippen LogP contribution >= 0.6 is 11.6 Å². The lowest BCUT2D eigenvalue weighted by Gasteiger charge is -2.18. The fraction of sp³-hybridized carbons (Fsp3) is 0.467. The van der Waals surface area contributed by atoms with Crippen LogP contribution in [-0.2, 0) is 0 Å². The second-order valence-electron chi connectivity index (χ2n) is 6.10. The summed E-state index contributed by atoms with van der Waals surface area (Å²) in [6.45, 7) is 7.31. The van der Waals surface area contributed by atoms with Gasteiger partial charge in [0.1, 0.15) is 0 Å². The lowest BCUT2D eigenvalue weighted by atomic mass is 9.91. The maximum atomic E-state index is 7.75. The van der Waals surface area contributed by atoms with Gasteiger partial charge in [0.15, 0.2) is 11.9 Å². The van der Waals surface area contributed by atoms with Crippen LogP contribution < -0.4 is 16.0 Å². The van der Waals surface area contributed by atoms with Crippen LogP contribution in [0.3, 0.4) is 0 Å². The average Bonchev–Trinajstić information content (AvgIpc) is 2.36. The van der Waals surface area contributed by atoms with Gasteiger partial charge in [-0.05, 0) is 42.5 Å². The summed E-state index contributed by atoms with van der Waals surface area (Å²) in [5, 5.41) is 24.6. The molecule has 1 aromatic rings. The van der Waals surface area contributed by atoms with Crippen molar-refractivity contribution in [2.45, 2.75) is 33.6 Å². The van der Waals surface area contributed by atoms with E-state index >= 15 is 0 Å². The minimum Gasteiger partial charge on any atom is -0.356 e. The fourth-order valence-electron chi connectivity index (χ4n) is 1.71. The van der Waals surface area contributed by atoms with Crippen LogP contribution in [0.25, 0.3) is 0 Å². The monoisotopic (exact) mass is 309 g/mol. The number of benzene rings is 1. The zero-order chi connectivity index (χ0) is 15.9. The molecular formula is C15H24ClN5. The zero-order valence-electron chi connectivity index (χ0n) is 12.8. The summed E-state index contributed by atoms with van der Waals surface area (Å²) >= 11 is 5.79. The van der Waals surface area contributed by atoms with Gasteiger partial charge in [0.05, 0.1) is 0 Å². The minimum atomic E-state index is 0.0469. The van der Waals surface area contributed by atoms with E-state index in [4.69, 9.17) is 22.4 Å². The molecule has 0 atom stereocenters. The van der Waals surface area contributed by atoms with Crippen LogP contribution in [0, 0.1) is 16.2 Å². The van der Waals surface area contributed by atoms with Gasteiger partial charge in [-0.1, -0.05) is 32.4 Å². The summed E-state index contributed by atoms with van der Waals surface area (Å²) in [5.41, 5.74) is 1.05. The van der Waals surface area contributed by atoms with E-state index < -0.39 is 0 Å². The number of nitrogens with one attached hydrogen (secondary N) is 5. The highest BCUT2D eigenvalue weighted by atomic mass is 35.5. The molecule has 116 valence electrons. The van der Waals surface area contributed by atoms with E-state index in [1.807, 2.05) is 0 Å². The number of halogens is 1. The number of anilines is 1. The quantitative estimate of drug-likeness (QED) is 0.334. The van der Waals surface area contributed by atoms with E-state index in [0.29, 0.717) is 10.4 Å². The van der Waals surface area contributed by atoms with E-state index in [1.165, 1.54) is 0 Å². The molecule has 0 fully saturated rings. The molecule has 1 aromatic carbocycles. The van der Waals surface area contributed by atoms with Crippen molar-refractivity contribution in [1.82, 2.24) is 10.6 Å². The van der Waals surface area contributed by atoms with Gasteiger partial charge in [-0.2, -0.15) is 0 Å². The molecule has 0 amide bonds. The van der Waals surface area contributed by atoms with E-state index in [9.17, 15) is 0 Å². The van der Waals surface area contributed by atoms with Gasteiger partial charge >= 0.3 is 0 Å². The zero-order valence-corrected chi connectivity index (χ0v) is 13.6. The van der Waals surface area contributed by atoms with Crippen molar-refractivity contribution in [3.05, 3.63) is 29.3 Å². The Labute approximate surface area is 131 Å². The molecule has 0 radical (unpaired) electrons. The van der Waals surface area contributed by atoms with Gasteiger partial charge in [-0.15, -0.1) is 0 Å². The Hall–Kier alpha value is -1.75. The van der Waals surface area contributed by atoms with Crippen molar-refractivity contribution >= 4 is 29.2 Å². The third kappa shape index (κ3) is 8.19. The molecule has 6 heteroatoms. The van der Waals surface area contributed by atoms with Gasteiger partial charge in [-0.25, -0.2) is 0 Å². The molecule has 0 spiro atoms. The molecule has 0 saturated heterocycles. The summed E-state index contributed by atoms with van der Waals surface area (Å²) < 4.78 is 0. The van der Waals surface area contributed by atoms with Crippen LogP contribution in [-0.4, -0.2) is 18.5 Å². The molecule has 0 bridgehead atoms. The maximum Gasteiger partial charge on any atom is 0.199 e. The Morgan fingerprint density at radius 3 is 2.29 bits per heavy atom. The second kappa shape index (κ2) is 7.88. The van der Waals surface area contributed by atoms with Crippen molar-refractivity contribution in [3.63, 3.8) is 0 Å². The van der Waals surface area contributed by atoms with Gasteiger partial charge in [0.25, 0.3) is 0 Å². The number of hydrogen-bond acceptors (Lipinski definition) is 2. The normalized spacial score (nSPS) is 10.9. The molecule has 0 aliphatic heterocycles. The summed E-state index contributed by atoms with van der Waals surface area (Å²) in [6.07, 6.45) is 2.08. The molecular weight excluding hydrogens is 286 g/mol. The standard InChI is InChI=1S/C15H24ClN5/c1-15(2,3)9-4-10-19-13(17)21-14(18)20-12-7-5-11(16)6-8-12/h5-8H,4,9-10H2,1-3H3,(H5,17,18,19,20,21). The van der Waals surface area contributed by atoms with Crippen LogP contribution in [0.5, 0.6) is 0 Å². The van der Waals surface area contributed by atoms with Crippen LogP contribution in [0.4, 0.5) is 5.69 Å². The molecule has 0 heterocycles. The number of rotatable bonds is 4.